The molecular formula is C25H27F10N5O7. The van der Waals surface area contributed by atoms with Gasteiger partial charge in [0.05, 0.1) is 31.3 Å². The van der Waals surface area contributed by atoms with Crippen LogP contribution in [0.4, 0.5) is 49.9 Å². The molecule has 264 valence electrons. The third-order valence-electron chi connectivity index (χ3n) is 6.28. The van der Waals surface area contributed by atoms with E-state index in [1.165, 1.54) is 12.4 Å². The molecule has 0 unspecified atom stereocenters. The van der Waals surface area contributed by atoms with Crippen LogP contribution in [-0.4, -0.2) is 111 Å². The first-order valence-corrected chi connectivity index (χ1v) is 12.8. The highest BCUT2D eigenvalue weighted by molar-refractivity contribution is 5.73. The minimum atomic E-state index is -5.08. The zero-order valence-corrected chi connectivity index (χ0v) is 24.0. The van der Waals surface area contributed by atoms with Crippen LogP contribution in [0.15, 0.2) is 36.8 Å². The molecule has 4 heterocycles. The van der Waals surface area contributed by atoms with Gasteiger partial charge in [0.1, 0.15) is 0 Å². The number of likely N-dealkylation sites (tertiary alicyclic amines) is 1. The highest BCUT2D eigenvalue weighted by Gasteiger charge is 2.50. The number of hydrogen-bond acceptors (Lipinski definition) is 9. The van der Waals surface area contributed by atoms with Crippen LogP contribution in [0.25, 0.3) is 0 Å². The van der Waals surface area contributed by atoms with Crippen molar-refractivity contribution in [3.8, 4) is 0 Å². The van der Waals surface area contributed by atoms with Gasteiger partial charge >= 0.3 is 36.4 Å². The van der Waals surface area contributed by atoms with Crippen molar-refractivity contribution in [2.24, 2.45) is 11.3 Å². The van der Waals surface area contributed by atoms with E-state index in [2.05, 4.69) is 31.8 Å². The molecule has 2 aromatic heterocycles. The van der Waals surface area contributed by atoms with E-state index in [4.69, 9.17) is 34.4 Å². The van der Waals surface area contributed by atoms with Crippen molar-refractivity contribution in [2.45, 2.75) is 31.6 Å². The number of carboxylic acids is 3. The Labute approximate surface area is 258 Å². The summed E-state index contributed by atoms with van der Waals surface area (Å²) in [7, 11) is 2.16. The molecule has 2 atom stereocenters. The van der Waals surface area contributed by atoms with Crippen molar-refractivity contribution >= 4 is 23.9 Å². The quantitative estimate of drug-likeness (QED) is 0.386. The van der Waals surface area contributed by atoms with Crippen molar-refractivity contribution in [1.29, 1.82) is 0 Å². The van der Waals surface area contributed by atoms with Gasteiger partial charge in [0.25, 0.3) is 0 Å². The van der Waals surface area contributed by atoms with Gasteiger partial charge in [-0.05, 0) is 25.6 Å². The number of ether oxygens (including phenoxy) is 1. The minimum absolute atomic E-state index is 0.177. The van der Waals surface area contributed by atoms with Gasteiger partial charge in [-0.3, -0.25) is 4.98 Å². The topological polar surface area (TPSA) is 166 Å². The van der Waals surface area contributed by atoms with E-state index < -0.39 is 42.3 Å². The Hall–Kier alpha value is -4.34. The summed E-state index contributed by atoms with van der Waals surface area (Å²) in [5, 5.41) is 21.4. The number of carboxylic acid groups (broad SMARTS) is 3. The number of carbonyl (C=O) groups is 3. The van der Waals surface area contributed by atoms with E-state index in [1.54, 1.807) is 6.20 Å². The number of nitrogens with zero attached hydrogens (tertiary/aromatic N) is 5. The second-order valence-electron chi connectivity index (χ2n) is 9.87. The molecule has 0 aromatic carbocycles. The van der Waals surface area contributed by atoms with Gasteiger partial charge in [0.15, 0.2) is 5.82 Å². The molecule has 2 aromatic rings. The smallest absolute Gasteiger partial charge is 0.475 e. The van der Waals surface area contributed by atoms with Crippen LogP contribution in [-0.2, 0) is 25.7 Å². The highest BCUT2D eigenvalue weighted by atomic mass is 19.4. The number of hydrogen-bond donors (Lipinski definition) is 3. The summed E-state index contributed by atoms with van der Waals surface area (Å²) in [6, 6.07) is 5.88. The Morgan fingerprint density at radius 3 is 1.79 bits per heavy atom. The fourth-order valence-corrected chi connectivity index (χ4v) is 4.32. The van der Waals surface area contributed by atoms with Gasteiger partial charge in [-0.1, -0.05) is 6.07 Å². The minimum Gasteiger partial charge on any atom is -0.475 e. The fourth-order valence-electron chi connectivity index (χ4n) is 4.32. The maximum Gasteiger partial charge on any atom is 0.490 e. The maximum atomic E-state index is 13.1. The Bertz CT molecular complexity index is 1240. The number of halogens is 10. The Morgan fingerprint density at radius 1 is 0.872 bits per heavy atom. The lowest BCUT2D eigenvalue weighted by molar-refractivity contribution is -0.193. The molecule has 0 amide bonds. The molecule has 22 heteroatoms. The fraction of sp³-hybridized carbons (Fsp3) is 0.520. The van der Waals surface area contributed by atoms with Crippen LogP contribution < -0.4 is 4.90 Å². The zero-order chi connectivity index (χ0) is 36.2. The third-order valence-corrected chi connectivity index (χ3v) is 6.28. The molecule has 2 aliphatic heterocycles. The number of pyridine rings is 1. The maximum absolute atomic E-state index is 13.1. The molecule has 2 fully saturated rings. The van der Waals surface area contributed by atoms with E-state index in [0.29, 0.717) is 18.5 Å². The number of anilines is 1. The molecule has 0 saturated carbocycles. The normalized spacial score (nSPS) is 19.5. The van der Waals surface area contributed by atoms with E-state index in [9.17, 15) is 43.9 Å². The van der Waals surface area contributed by atoms with Gasteiger partial charge in [-0.25, -0.2) is 28.7 Å². The highest BCUT2D eigenvalue weighted by Crippen LogP contribution is 2.44. The van der Waals surface area contributed by atoms with Crippen molar-refractivity contribution in [3.05, 3.63) is 48.3 Å². The van der Waals surface area contributed by atoms with Crippen LogP contribution in [0.2, 0.25) is 0 Å². The van der Waals surface area contributed by atoms with Crippen molar-refractivity contribution < 1.29 is 78.3 Å². The average molecular weight is 699 g/mol. The lowest BCUT2D eigenvalue weighted by Gasteiger charge is -2.30. The van der Waals surface area contributed by atoms with Gasteiger partial charge in [0.2, 0.25) is 5.95 Å². The second-order valence-corrected chi connectivity index (χ2v) is 9.87. The van der Waals surface area contributed by atoms with E-state index in [1.807, 2.05) is 18.2 Å². The standard InChI is InChI=1S/C19H24FN5O.3C2HF3O2/c1-24-10-15(11-26-12-17-4-2-3-6-21-17)19(13-24)5-7-25(14-19)18-22-8-16(20)9-23-18;3*3-2(4,5)1(6)7/h2-4,6,8-9,15H,5,7,10-14H2,1H3;3*(H,6,7)/t15-,19+;;;/m0.../s1. The Kier molecular flexibility index (Phi) is 14.7. The van der Waals surface area contributed by atoms with Crippen LogP contribution in [0.3, 0.4) is 0 Å². The number of rotatable bonds is 5. The molecule has 0 radical (unpaired) electrons. The Morgan fingerprint density at radius 2 is 1.36 bits per heavy atom. The van der Waals surface area contributed by atoms with Crippen LogP contribution in [0.1, 0.15) is 12.1 Å². The zero-order valence-electron chi connectivity index (χ0n) is 24.0. The molecule has 2 aliphatic rings. The first kappa shape index (κ1) is 40.7. The molecule has 2 saturated heterocycles. The predicted octanol–water partition coefficient (Wildman–Crippen LogP) is 3.89. The molecule has 0 bridgehead atoms. The summed E-state index contributed by atoms with van der Waals surface area (Å²) in [6.45, 7) is 5.13. The lowest BCUT2D eigenvalue weighted by Crippen LogP contribution is -2.36. The summed E-state index contributed by atoms with van der Waals surface area (Å²) in [4.78, 5) is 43.8. The van der Waals surface area contributed by atoms with E-state index in [-0.39, 0.29) is 5.41 Å². The van der Waals surface area contributed by atoms with Gasteiger partial charge in [0, 0.05) is 43.7 Å². The SMILES string of the molecule is CN1C[C@@H](COCc2ccccn2)[C@]2(CCN(c3ncc(F)cn3)C2)C1.O=C(O)C(F)(F)F.O=C(O)C(F)(F)F.O=C(O)C(F)(F)F. The largest absolute Gasteiger partial charge is 0.490 e. The van der Waals surface area contributed by atoms with Gasteiger partial charge in [-0.15, -0.1) is 0 Å². The second kappa shape index (κ2) is 17.0. The predicted molar refractivity (Wildman–Crippen MR) is 137 cm³/mol. The van der Waals surface area contributed by atoms with E-state index in [0.717, 1.165) is 44.9 Å². The Balaban J connectivity index is 0.000000430. The number of aliphatic carboxylic acids is 3. The molecule has 0 aliphatic carbocycles. The first-order valence-electron chi connectivity index (χ1n) is 12.8. The first-order chi connectivity index (χ1) is 21.5. The van der Waals surface area contributed by atoms with Gasteiger partial charge in [-0.2, -0.15) is 39.5 Å². The summed E-state index contributed by atoms with van der Waals surface area (Å²) >= 11 is 0. The lowest BCUT2D eigenvalue weighted by atomic mass is 9.77. The monoisotopic (exact) mass is 699 g/mol. The summed E-state index contributed by atoms with van der Waals surface area (Å²) in [6.07, 6.45) is -9.90. The van der Waals surface area contributed by atoms with Crippen molar-refractivity contribution in [2.75, 3.05) is 44.7 Å². The molecule has 3 N–H and O–H groups in total. The van der Waals surface area contributed by atoms with Crippen LogP contribution >= 0.6 is 0 Å². The summed E-state index contributed by atoms with van der Waals surface area (Å²) < 4.78 is 114. The number of alkyl halides is 9. The van der Waals surface area contributed by atoms with Gasteiger partial charge < -0.3 is 29.9 Å². The summed E-state index contributed by atoms with van der Waals surface area (Å²) in [5.74, 6) is -7.59. The molecule has 12 nitrogen and oxygen atoms in total. The number of aromatic nitrogens is 3. The van der Waals surface area contributed by atoms with Crippen LogP contribution in [0.5, 0.6) is 0 Å². The average Bonchev–Trinajstić information content (AvgIpc) is 3.51. The van der Waals surface area contributed by atoms with Crippen molar-refractivity contribution in [1.82, 2.24) is 19.9 Å². The third kappa shape index (κ3) is 14.3. The van der Waals surface area contributed by atoms with Crippen molar-refractivity contribution in [3.63, 3.8) is 0 Å². The van der Waals surface area contributed by atoms with E-state index >= 15 is 0 Å². The van der Waals surface area contributed by atoms with Crippen LogP contribution in [0, 0.1) is 17.2 Å². The molecule has 4 rings (SSSR count). The molecular weight excluding hydrogens is 672 g/mol. The molecule has 1 spiro atoms. The summed E-state index contributed by atoms with van der Waals surface area (Å²) in [5.41, 5.74) is 1.14. The molecule has 47 heavy (non-hydrogen) atoms.